The van der Waals surface area contributed by atoms with Gasteiger partial charge in [-0.3, -0.25) is 9.63 Å². The Morgan fingerprint density at radius 1 is 1.23 bits per heavy atom. The van der Waals surface area contributed by atoms with Crippen molar-refractivity contribution in [3.8, 4) is 0 Å². The highest BCUT2D eigenvalue weighted by molar-refractivity contribution is 7.92. The predicted octanol–water partition coefficient (Wildman–Crippen LogP) is 3.49. The number of hydrogen-bond donors (Lipinski definition) is 0. The normalized spacial score (nSPS) is 12.0. The highest BCUT2D eigenvalue weighted by atomic mass is 35.5. The quantitative estimate of drug-likeness (QED) is 0.444. The number of sulfonamides is 1. The standard InChI is InChI=1S/C18H19ClF3N3O5S/c1-11-5-6-13(8-14(11)18(20,21)22)31(27,28)25(10-29-3)15-7-12(19)9-23-16(15)17(26)24(2)30-4/h5-9H,10H2,1-4H3. The molecule has 0 saturated heterocycles. The summed E-state index contributed by atoms with van der Waals surface area (Å²) in [5.41, 5.74) is -1.91. The molecule has 1 aromatic heterocycles. The fourth-order valence-electron chi connectivity index (χ4n) is 2.60. The zero-order valence-electron chi connectivity index (χ0n) is 16.9. The van der Waals surface area contributed by atoms with E-state index in [9.17, 15) is 26.4 Å². The lowest BCUT2D eigenvalue weighted by atomic mass is 10.1. The van der Waals surface area contributed by atoms with Crippen molar-refractivity contribution < 1.29 is 36.0 Å². The third kappa shape index (κ3) is 5.26. The van der Waals surface area contributed by atoms with E-state index in [0.717, 1.165) is 29.5 Å². The van der Waals surface area contributed by atoms with E-state index in [4.69, 9.17) is 21.2 Å². The second-order valence-electron chi connectivity index (χ2n) is 6.25. The van der Waals surface area contributed by atoms with Crippen molar-refractivity contribution in [1.29, 1.82) is 0 Å². The third-order valence-corrected chi connectivity index (χ3v) is 6.15. The van der Waals surface area contributed by atoms with E-state index >= 15 is 0 Å². The number of carbonyl (C=O) groups excluding carboxylic acids is 1. The van der Waals surface area contributed by atoms with Crippen molar-refractivity contribution in [3.63, 3.8) is 0 Å². The molecule has 2 rings (SSSR count). The molecular weight excluding hydrogens is 463 g/mol. The number of aryl methyl sites for hydroxylation is 1. The molecule has 1 amide bonds. The average molecular weight is 482 g/mol. The van der Waals surface area contributed by atoms with Crippen LogP contribution in [0.3, 0.4) is 0 Å². The highest BCUT2D eigenvalue weighted by Gasteiger charge is 2.36. The number of ether oxygens (including phenoxy) is 1. The Morgan fingerprint density at radius 2 is 1.87 bits per heavy atom. The van der Waals surface area contributed by atoms with Gasteiger partial charge >= 0.3 is 6.18 Å². The number of amides is 1. The van der Waals surface area contributed by atoms with Gasteiger partial charge in [-0.15, -0.1) is 0 Å². The van der Waals surface area contributed by atoms with Crippen molar-refractivity contribution in [1.82, 2.24) is 10.0 Å². The van der Waals surface area contributed by atoms with Gasteiger partial charge in [-0.25, -0.2) is 22.8 Å². The Balaban J connectivity index is 2.72. The number of carbonyl (C=O) groups is 1. The lowest BCUT2D eigenvalue weighted by molar-refractivity contribution is -0.138. The molecule has 8 nitrogen and oxygen atoms in total. The van der Waals surface area contributed by atoms with Crippen LogP contribution in [0.25, 0.3) is 0 Å². The first-order chi connectivity index (χ1) is 14.3. The molecule has 0 atom stereocenters. The molecule has 170 valence electrons. The van der Waals surface area contributed by atoms with Gasteiger partial charge in [0.05, 0.1) is 28.3 Å². The van der Waals surface area contributed by atoms with E-state index < -0.39 is 39.3 Å². The van der Waals surface area contributed by atoms with Gasteiger partial charge in [-0.1, -0.05) is 17.7 Å². The number of methoxy groups -OCH3 is 1. The van der Waals surface area contributed by atoms with Gasteiger partial charge in [0.2, 0.25) is 0 Å². The maximum absolute atomic E-state index is 13.3. The topological polar surface area (TPSA) is 89.0 Å². The van der Waals surface area contributed by atoms with Crippen LogP contribution < -0.4 is 4.31 Å². The molecule has 0 aliphatic rings. The minimum atomic E-state index is -4.76. The molecule has 1 aromatic carbocycles. The van der Waals surface area contributed by atoms with E-state index in [-0.39, 0.29) is 22.0 Å². The SMILES string of the molecule is COCN(c1cc(Cl)cnc1C(=O)N(C)OC)S(=O)(=O)c1ccc(C)c(C(F)(F)F)c1. The van der Waals surface area contributed by atoms with E-state index in [0.29, 0.717) is 10.4 Å². The fraction of sp³-hybridized carbons (Fsp3) is 0.333. The number of rotatable bonds is 7. The molecule has 0 radical (unpaired) electrons. The molecule has 1 heterocycles. The number of aromatic nitrogens is 1. The Morgan fingerprint density at radius 3 is 2.42 bits per heavy atom. The summed E-state index contributed by atoms with van der Waals surface area (Å²) < 4.78 is 72.1. The van der Waals surface area contributed by atoms with Crippen LogP contribution in [-0.4, -0.2) is 52.4 Å². The van der Waals surface area contributed by atoms with E-state index in [1.54, 1.807) is 0 Å². The maximum Gasteiger partial charge on any atom is 0.416 e. The zero-order valence-corrected chi connectivity index (χ0v) is 18.5. The predicted molar refractivity (Wildman–Crippen MR) is 106 cm³/mol. The number of benzene rings is 1. The second kappa shape index (κ2) is 9.39. The molecule has 0 bridgehead atoms. The summed E-state index contributed by atoms with van der Waals surface area (Å²) in [4.78, 5) is 20.6. The van der Waals surface area contributed by atoms with Crippen LogP contribution in [0.2, 0.25) is 5.02 Å². The van der Waals surface area contributed by atoms with Gasteiger partial charge in [0.25, 0.3) is 15.9 Å². The van der Waals surface area contributed by atoms with Crippen LogP contribution in [0.15, 0.2) is 35.4 Å². The van der Waals surface area contributed by atoms with Gasteiger partial charge in [-0.05, 0) is 30.7 Å². The molecule has 2 aromatic rings. The molecule has 0 saturated carbocycles. The summed E-state index contributed by atoms with van der Waals surface area (Å²) in [6.45, 7) is 0.584. The molecule has 0 unspecified atom stereocenters. The van der Waals surface area contributed by atoms with Crippen molar-refractivity contribution in [2.24, 2.45) is 0 Å². The van der Waals surface area contributed by atoms with Gasteiger partial charge in [0.1, 0.15) is 6.73 Å². The highest BCUT2D eigenvalue weighted by Crippen LogP contribution is 2.35. The third-order valence-electron chi connectivity index (χ3n) is 4.21. The summed E-state index contributed by atoms with van der Waals surface area (Å²) in [6, 6.07) is 3.74. The van der Waals surface area contributed by atoms with Crippen LogP contribution in [0, 0.1) is 6.92 Å². The molecule has 0 aliphatic carbocycles. The summed E-state index contributed by atoms with van der Waals surface area (Å²) >= 11 is 5.95. The van der Waals surface area contributed by atoms with Crippen LogP contribution in [-0.2, 0) is 25.8 Å². The average Bonchev–Trinajstić information content (AvgIpc) is 2.70. The molecule has 13 heteroatoms. The van der Waals surface area contributed by atoms with E-state index in [1.165, 1.54) is 28.2 Å². The van der Waals surface area contributed by atoms with E-state index in [1.807, 2.05) is 0 Å². The summed E-state index contributed by atoms with van der Waals surface area (Å²) in [6.07, 6.45) is -3.64. The first kappa shape index (κ1) is 24.9. The first-order valence-corrected chi connectivity index (χ1v) is 10.3. The van der Waals surface area contributed by atoms with Crippen LogP contribution >= 0.6 is 11.6 Å². The zero-order chi connectivity index (χ0) is 23.6. The first-order valence-electron chi connectivity index (χ1n) is 8.51. The lowest BCUT2D eigenvalue weighted by Crippen LogP contribution is -2.36. The largest absolute Gasteiger partial charge is 0.416 e. The van der Waals surface area contributed by atoms with Crippen molar-refractivity contribution in [2.45, 2.75) is 18.0 Å². The Bertz CT molecular complexity index is 1080. The molecule has 0 spiro atoms. The second-order valence-corrected chi connectivity index (χ2v) is 8.55. The Labute approximate surface area is 182 Å². The van der Waals surface area contributed by atoms with Crippen LogP contribution in [0.5, 0.6) is 0 Å². The van der Waals surface area contributed by atoms with E-state index in [2.05, 4.69) is 4.98 Å². The summed E-state index contributed by atoms with van der Waals surface area (Å²) in [5.74, 6) is -0.814. The van der Waals surface area contributed by atoms with Crippen molar-refractivity contribution in [2.75, 3.05) is 32.3 Å². The number of anilines is 1. The Hall–Kier alpha value is -2.41. The van der Waals surface area contributed by atoms with Gasteiger partial charge in [0, 0.05) is 20.4 Å². The molecule has 0 aliphatic heterocycles. The summed E-state index contributed by atoms with van der Waals surface area (Å²) in [7, 11) is -0.961. The van der Waals surface area contributed by atoms with Crippen molar-refractivity contribution >= 4 is 33.2 Å². The molecule has 0 N–H and O–H groups in total. The van der Waals surface area contributed by atoms with Crippen molar-refractivity contribution in [3.05, 3.63) is 52.3 Å². The van der Waals surface area contributed by atoms with Gasteiger partial charge < -0.3 is 4.74 Å². The van der Waals surface area contributed by atoms with Crippen LogP contribution in [0.1, 0.15) is 21.6 Å². The van der Waals surface area contributed by atoms with Gasteiger partial charge in [0.15, 0.2) is 5.69 Å². The number of hydroxylamine groups is 2. The fourth-order valence-corrected chi connectivity index (χ4v) is 4.15. The number of nitrogens with zero attached hydrogens (tertiary/aromatic N) is 3. The molecule has 0 fully saturated rings. The van der Waals surface area contributed by atoms with Gasteiger partial charge in [-0.2, -0.15) is 13.2 Å². The molecular formula is C18H19ClF3N3O5S. The maximum atomic E-state index is 13.3. The number of halogens is 4. The number of pyridine rings is 1. The number of hydrogen-bond acceptors (Lipinski definition) is 6. The molecule has 31 heavy (non-hydrogen) atoms. The monoisotopic (exact) mass is 481 g/mol. The smallest absolute Gasteiger partial charge is 0.363 e. The Kier molecular flexibility index (Phi) is 7.53. The minimum Gasteiger partial charge on any atom is -0.363 e. The minimum absolute atomic E-state index is 0.0113. The lowest BCUT2D eigenvalue weighted by Gasteiger charge is -2.26. The summed E-state index contributed by atoms with van der Waals surface area (Å²) in [5, 5.41) is 0.785. The van der Waals surface area contributed by atoms with Crippen LogP contribution in [0.4, 0.5) is 18.9 Å². The number of alkyl halides is 3.